The lowest BCUT2D eigenvalue weighted by Gasteiger charge is -2.11. The fraction of sp³-hybridized carbons (Fsp3) is 0.0938. The smallest absolute Gasteiger partial charge is 0.418 e. The van der Waals surface area contributed by atoms with E-state index in [4.69, 9.17) is 4.74 Å². The van der Waals surface area contributed by atoms with E-state index in [-0.39, 0.29) is 5.52 Å². The molecular formula is C32H23F3N2O. The molecule has 0 spiro atoms. The van der Waals surface area contributed by atoms with Gasteiger partial charge in [-0.2, -0.15) is 18.3 Å². The first kappa shape index (κ1) is 23.8. The van der Waals surface area contributed by atoms with Crippen LogP contribution < -0.4 is 4.74 Å². The number of nitrogens with zero attached hydrogens (tertiary/aromatic N) is 2. The van der Waals surface area contributed by atoms with Crippen LogP contribution in [0.1, 0.15) is 16.7 Å². The van der Waals surface area contributed by atoms with Crippen LogP contribution in [-0.4, -0.2) is 9.78 Å². The summed E-state index contributed by atoms with van der Waals surface area (Å²) in [6, 6.07) is 35.6. The highest BCUT2D eigenvalue weighted by Crippen LogP contribution is 2.38. The highest BCUT2D eigenvalue weighted by molar-refractivity contribution is 5.95. The van der Waals surface area contributed by atoms with Gasteiger partial charge in [0.1, 0.15) is 17.9 Å². The molecule has 6 heteroatoms. The first-order valence-corrected chi connectivity index (χ1v) is 12.3. The zero-order valence-electron chi connectivity index (χ0n) is 20.3. The SMILES string of the molecule is FC(F)(F)c1cccc2c(-c3cccc(OCc4ccc5ccccc5c4)c3)n(Cc3ccccc3)nc12. The first-order valence-electron chi connectivity index (χ1n) is 12.3. The number of fused-ring (bicyclic) bond motifs is 2. The molecule has 0 saturated carbocycles. The molecule has 0 bridgehead atoms. The molecule has 188 valence electrons. The second kappa shape index (κ2) is 9.71. The number of hydrogen-bond acceptors (Lipinski definition) is 2. The number of alkyl halides is 3. The Morgan fingerprint density at radius 1 is 0.684 bits per heavy atom. The molecule has 38 heavy (non-hydrogen) atoms. The minimum atomic E-state index is -4.51. The maximum Gasteiger partial charge on any atom is 0.418 e. The van der Waals surface area contributed by atoms with Crippen molar-refractivity contribution in [3.63, 3.8) is 0 Å². The Balaban J connectivity index is 1.38. The molecule has 0 N–H and O–H groups in total. The molecule has 3 nitrogen and oxygen atoms in total. The van der Waals surface area contributed by atoms with Crippen molar-refractivity contribution in [2.45, 2.75) is 19.3 Å². The summed E-state index contributed by atoms with van der Waals surface area (Å²) in [5.41, 5.74) is 2.52. The normalized spacial score (nSPS) is 11.8. The maximum atomic E-state index is 13.8. The summed E-state index contributed by atoms with van der Waals surface area (Å²) in [5.74, 6) is 0.628. The van der Waals surface area contributed by atoms with E-state index >= 15 is 0 Å². The van der Waals surface area contributed by atoms with Crippen LogP contribution in [0.4, 0.5) is 13.2 Å². The van der Waals surface area contributed by atoms with Gasteiger partial charge in [-0.25, -0.2) is 0 Å². The molecule has 5 aromatic carbocycles. The lowest BCUT2D eigenvalue weighted by atomic mass is 10.0. The topological polar surface area (TPSA) is 27.1 Å². The van der Waals surface area contributed by atoms with E-state index in [0.717, 1.165) is 33.5 Å². The Kier molecular flexibility index (Phi) is 6.08. The van der Waals surface area contributed by atoms with Crippen molar-refractivity contribution < 1.29 is 17.9 Å². The van der Waals surface area contributed by atoms with Crippen LogP contribution in [-0.2, 0) is 19.3 Å². The first-order chi connectivity index (χ1) is 18.5. The predicted molar refractivity (Wildman–Crippen MR) is 144 cm³/mol. The van der Waals surface area contributed by atoms with Gasteiger partial charge in [0.25, 0.3) is 0 Å². The van der Waals surface area contributed by atoms with Crippen molar-refractivity contribution in [2.75, 3.05) is 0 Å². The quantitative estimate of drug-likeness (QED) is 0.226. The lowest BCUT2D eigenvalue weighted by molar-refractivity contribution is -0.136. The summed E-state index contributed by atoms with van der Waals surface area (Å²) in [5, 5.41) is 7.21. The second-order valence-corrected chi connectivity index (χ2v) is 9.19. The number of rotatable bonds is 6. The van der Waals surface area contributed by atoms with Crippen molar-refractivity contribution >= 4 is 21.7 Å². The lowest BCUT2D eigenvalue weighted by Crippen LogP contribution is -2.06. The van der Waals surface area contributed by atoms with Gasteiger partial charge in [0.2, 0.25) is 0 Å². The minimum Gasteiger partial charge on any atom is -0.489 e. The zero-order chi connectivity index (χ0) is 26.1. The van der Waals surface area contributed by atoms with E-state index in [9.17, 15) is 13.2 Å². The summed E-state index contributed by atoms with van der Waals surface area (Å²) in [4.78, 5) is 0. The third-order valence-corrected chi connectivity index (χ3v) is 6.58. The Hall–Kier alpha value is -4.58. The van der Waals surface area contributed by atoms with Gasteiger partial charge in [0, 0.05) is 10.9 Å². The summed E-state index contributed by atoms with van der Waals surface area (Å²) in [7, 11) is 0. The molecule has 0 atom stereocenters. The van der Waals surface area contributed by atoms with Gasteiger partial charge in [-0.15, -0.1) is 0 Å². The molecule has 0 aliphatic carbocycles. The molecule has 0 radical (unpaired) electrons. The fourth-order valence-electron chi connectivity index (χ4n) is 4.78. The van der Waals surface area contributed by atoms with Crippen molar-refractivity contribution in [3.05, 3.63) is 132 Å². The van der Waals surface area contributed by atoms with Gasteiger partial charge < -0.3 is 4.74 Å². The fourth-order valence-corrected chi connectivity index (χ4v) is 4.78. The van der Waals surface area contributed by atoms with Crippen molar-refractivity contribution in [3.8, 4) is 17.0 Å². The average Bonchev–Trinajstić information content (AvgIpc) is 3.29. The van der Waals surface area contributed by atoms with Crippen LogP contribution in [0.2, 0.25) is 0 Å². The van der Waals surface area contributed by atoms with Crippen LogP contribution in [0.5, 0.6) is 5.75 Å². The van der Waals surface area contributed by atoms with Crippen molar-refractivity contribution in [2.24, 2.45) is 0 Å². The summed E-state index contributed by atoms with van der Waals surface area (Å²) < 4.78 is 49.3. The number of ether oxygens (including phenoxy) is 1. The Labute approximate surface area is 217 Å². The minimum absolute atomic E-state index is 0.0617. The predicted octanol–water partition coefficient (Wildman–Crippen LogP) is 8.50. The van der Waals surface area contributed by atoms with Crippen LogP contribution in [0.3, 0.4) is 0 Å². The van der Waals surface area contributed by atoms with Crippen LogP contribution in [0.25, 0.3) is 32.9 Å². The van der Waals surface area contributed by atoms with Crippen LogP contribution >= 0.6 is 0 Å². The summed E-state index contributed by atoms with van der Waals surface area (Å²) >= 11 is 0. The maximum absolute atomic E-state index is 13.8. The van der Waals surface area contributed by atoms with E-state index in [2.05, 4.69) is 29.4 Å². The second-order valence-electron chi connectivity index (χ2n) is 9.19. The molecule has 1 aromatic heterocycles. The molecular weight excluding hydrogens is 485 g/mol. The molecule has 0 unspecified atom stereocenters. The van der Waals surface area contributed by atoms with Crippen LogP contribution in [0.15, 0.2) is 115 Å². The van der Waals surface area contributed by atoms with Gasteiger partial charge in [0.05, 0.1) is 17.8 Å². The molecule has 6 rings (SSSR count). The molecule has 0 aliphatic heterocycles. The highest BCUT2D eigenvalue weighted by atomic mass is 19.4. The molecule has 0 aliphatic rings. The van der Waals surface area contributed by atoms with E-state index in [1.165, 1.54) is 6.07 Å². The molecule has 0 amide bonds. The van der Waals surface area contributed by atoms with Gasteiger partial charge in [-0.3, -0.25) is 4.68 Å². The molecule has 0 saturated heterocycles. The number of halogens is 3. The summed E-state index contributed by atoms with van der Waals surface area (Å²) in [6.45, 7) is 0.709. The third kappa shape index (κ3) is 4.73. The van der Waals surface area contributed by atoms with Gasteiger partial charge >= 0.3 is 6.18 Å². The zero-order valence-corrected chi connectivity index (χ0v) is 20.3. The Morgan fingerprint density at radius 2 is 1.45 bits per heavy atom. The third-order valence-electron chi connectivity index (χ3n) is 6.58. The van der Waals surface area contributed by atoms with Crippen molar-refractivity contribution in [1.82, 2.24) is 9.78 Å². The monoisotopic (exact) mass is 508 g/mol. The van der Waals surface area contributed by atoms with E-state index in [1.54, 1.807) is 10.7 Å². The van der Waals surface area contributed by atoms with Gasteiger partial charge in [-0.1, -0.05) is 91.0 Å². The summed E-state index contributed by atoms with van der Waals surface area (Å²) in [6.07, 6.45) is -4.51. The number of hydrogen-bond donors (Lipinski definition) is 0. The number of benzene rings is 5. The molecule has 0 fully saturated rings. The average molecular weight is 509 g/mol. The van der Waals surface area contributed by atoms with E-state index < -0.39 is 11.7 Å². The molecule has 6 aromatic rings. The Morgan fingerprint density at radius 3 is 2.26 bits per heavy atom. The molecule has 1 heterocycles. The largest absolute Gasteiger partial charge is 0.489 e. The van der Waals surface area contributed by atoms with E-state index in [1.807, 2.05) is 72.8 Å². The number of aromatic nitrogens is 2. The highest BCUT2D eigenvalue weighted by Gasteiger charge is 2.34. The standard InChI is InChI=1S/C32H23F3N2O/c33-32(34,35)29-15-7-14-28-30(29)36-37(20-22-8-2-1-3-9-22)31(28)26-12-6-13-27(19-26)38-21-23-16-17-24-10-4-5-11-25(24)18-23/h1-19H,20-21H2. The Bertz CT molecular complexity index is 1740. The van der Waals surface area contributed by atoms with Crippen molar-refractivity contribution in [1.29, 1.82) is 0 Å². The van der Waals surface area contributed by atoms with Gasteiger partial charge in [-0.05, 0) is 46.2 Å². The van der Waals surface area contributed by atoms with Gasteiger partial charge in [0.15, 0.2) is 0 Å². The van der Waals surface area contributed by atoms with E-state index in [0.29, 0.717) is 30.0 Å². The van der Waals surface area contributed by atoms with Crippen LogP contribution in [0, 0.1) is 0 Å².